The van der Waals surface area contributed by atoms with Crippen molar-refractivity contribution in [3.8, 4) is 0 Å². The Morgan fingerprint density at radius 3 is 2.80 bits per heavy atom. The first kappa shape index (κ1) is 11.8. The van der Waals surface area contributed by atoms with Gasteiger partial charge in [0.1, 0.15) is 5.60 Å². The summed E-state index contributed by atoms with van der Waals surface area (Å²) in [5.74, 6) is 0. The fraction of sp³-hybridized carbons (Fsp3) is 0.583. The third-order valence-electron chi connectivity index (χ3n) is 2.09. The van der Waals surface area contributed by atoms with Gasteiger partial charge in [0, 0.05) is 13.1 Å². The van der Waals surface area contributed by atoms with Gasteiger partial charge in [0.15, 0.2) is 0 Å². The smallest absolute Gasteiger partial charge is 0.410 e. The molecule has 0 atom stereocenters. The molecule has 0 aromatic heterocycles. The van der Waals surface area contributed by atoms with Gasteiger partial charge in [-0.25, -0.2) is 4.79 Å². The zero-order valence-electron chi connectivity index (χ0n) is 9.75. The molecule has 0 bridgehead atoms. The molecule has 0 N–H and O–H groups in total. The lowest BCUT2D eigenvalue weighted by Gasteiger charge is -2.29. The van der Waals surface area contributed by atoms with Crippen LogP contribution in [0.4, 0.5) is 4.79 Å². The van der Waals surface area contributed by atoms with Crippen LogP contribution in [0.15, 0.2) is 24.3 Å². The summed E-state index contributed by atoms with van der Waals surface area (Å²) in [6.45, 7) is 10.7. The third kappa shape index (κ3) is 3.78. The highest BCUT2D eigenvalue weighted by Crippen LogP contribution is 2.15. The van der Waals surface area contributed by atoms with Crippen LogP contribution in [0.3, 0.4) is 0 Å². The Morgan fingerprint density at radius 2 is 2.27 bits per heavy atom. The fourth-order valence-corrected chi connectivity index (χ4v) is 1.40. The van der Waals surface area contributed by atoms with E-state index in [0.29, 0.717) is 6.54 Å². The van der Waals surface area contributed by atoms with Crippen molar-refractivity contribution in [2.24, 2.45) is 0 Å². The van der Waals surface area contributed by atoms with Crippen LogP contribution in [-0.2, 0) is 4.74 Å². The standard InChI is InChI=1S/C12H19NO2/c1-5-10-7-6-8-13(9-10)11(14)15-12(2,3)4/h5,7H,1,6,8-9H2,2-4H3. The lowest BCUT2D eigenvalue weighted by atomic mass is 10.1. The maximum absolute atomic E-state index is 11.7. The lowest BCUT2D eigenvalue weighted by molar-refractivity contribution is 0.0264. The van der Waals surface area contributed by atoms with Crippen LogP contribution in [0.2, 0.25) is 0 Å². The molecule has 0 spiro atoms. The first-order chi connectivity index (χ1) is 6.92. The molecule has 3 nitrogen and oxygen atoms in total. The van der Waals surface area contributed by atoms with Crippen molar-refractivity contribution in [1.29, 1.82) is 0 Å². The van der Waals surface area contributed by atoms with Gasteiger partial charge < -0.3 is 9.64 Å². The summed E-state index contributed by atoms with van der Waals surface area (Å²) >= 11 is 0. The molecular weight excluding hydrogens is 190 g/mol. The van der Waals surface area contributed by atoms with E-state index in [1.807, 2.05) is 20.8 Å². The number of carbonyl (C=O) groups is 1. The molecule has 0 aromatic rings. The molecular formula is C12H19NO2. The predicted molar refractivity (Wildman–Crippen MR) is 60.7 cm³/mol. The molecule has 15 heavy (non-hydrogen) atoms. The van der Waals surface area contributed by atoms with E-state index in [9.17, 15) is 4.79 Å². The second-order valence-corrected chi connectivity index (χ2v) is 4.67. The first-order valence-corrected chi connectivity index (χ1v) is 5.22. The van der Waals surface area contributed by atoms with Gasteiger partial charge in [-0.05, 0) is 32.8 Å². The monoisotopic (exact) mass is 209 g/mol. The van der Waals surface area contributed by atoms with Crippen molar-refractivity contribution in [2.45, 2.75) is 32.8 Å². The van der Waals surface area contributed by atoms with Gasteiger partial charge in [-0.3, -0.25) is 0 Å². The topological polar surface area (TPSA) is 29.5 Å². The van der Waals surface area contributed by atoms with Crippen molar-refractivity contribution in [3.63, 3.8) is 0 Å². The van der Waals surface area contributed by atoms with Crippen molar-refractivity contribution in [2.75, 3.05) is 13.1 Å². The average molecular weight is 209 g/mol. The Kier molecular flexibility index (Phi) is 3.56. The molecule has 1 aliphatic rings. The van der Waals surface area contributed by atoms with Crippen molar-refractivity contribution in [1.82, 2.24) is 4.90 Å². The third-order valence-corrected chi connectivity index (χ3v) is 2.09. The summed E-state index contributed by atoms with van der Waals surface area (Å²) in [6.07, 6.45) is 4.53. The SMILES string of the molecule is C=CC1=CCCN(C(=O)OC(C)(C)C)C1. The van der Waals surface area contributed by atoms with Crippen molar-refractivity contribution in [3.05, 3.63) is 24.3 Å². The molecule has 0 saturated heterocycles. The van der Waals surface area contributed by atoms with E-state index in [1.54, 1.807) is 11.0 Å². The van der Waals surface area contributed by atoms with Crippen LogP contribution in [0.1, 0.15) is 27.2 Å². The normalized spacial score (nSPS) is 17.0. The summed E-state index contributed by atoms with van der Waals surface area (Å²) < 4.78 is 5.30. The summed E-state index contributed by atoms with van der Waals surface area (Å²) in [5, 5.41) is 0. The van der Waals surface area contributed by atoms with Crippen LogP contribution >= 0.6 is 0 Å². The summed E-state index contributed by atoms with van der Waals surface area (Å²) in [6, 6.07) is 0. The summed E-state index contributed by atoms with van der Waals surface area (Å²) in [4.78, 5) is 13.4. The van der Waals surface area contributed by atoms with Gasteiger partial charge in [-0.2, -0.15) is 0 Å². The maximum Gasteiger partial charge on any atom is 0.410 e. The number of rotatable bonds is 1. The Labute approximate surface area is 91.4 Å². The van der Waals surface area contributed by atoms with E-state index in [1.165, 1.54) is 0 Å². The molecule has 0 unspecified atom stereocenters. The maximum atomic E-state index is 11.7. The predicted octanol–water partition coefficient (Wildman–Crippen LogP) is 2.74. The fourth-order valence-electron chi connectivity index (χ4n) is 1.40. The Balaban J connectivity index is 2.55. The van der Waals surface area contributed by atoms with Crippen LogP contribution in [0, 0.1) is 0 Å². The molecule has 3 heteroatoms. The number of hydrogen-bond donors (Lipinski definition) is 0. The van der Waals surface area contributed by atoms with Crippen LogP contribution in [0.5, 0.6) is 0 Å². The van der Waals surface area contributed by atoms with Gasteiger partial charge in [0.05, 0.1) is 0 Å². The number of nitrogens with zero attached hydrogens (tertiary/aromatic N) is 1. The minimum Gasteiger partial charge on any atom is -0.444 e. The van der Waals surface area contributed by atoms with E-state index in [0.717, 1.165) is 18.5 Å². The molecule has 0 aromatic carbocycles. The van der Waals surface area contributed by atoms with Crippen molar-refractivity contribution >= 4 is 6.09 Å². The molecule has 1 amide bonds. The highest BCUT2D eigenvalue weighted by molar-refractivity contribution is 5.69. The summed E-state index contributed by atoms with van der Waals surface area (Å²) in [7, 11) is 0. The van der Waals surface area contributed by atoms with Crippen LogP contribution < -0.4 is 0 Å². The number of ether oxygens (including phenoxy) is 1. The van der Waals surface area contributed by atoms with Crippen LogP contribution in [0.25, 0.3) is 0 Å². The molecule has 1 heterocycles. The van der Waals surface area contributed by atoms with Gasteiger partial charge in [-0.15, -0.1) is 0 Å². The molecule has 84 valence electrons. The number of hydrogen-bond acceptors (Lipinski definition) is 2. The second kappa shape index (κ2) is 4.51. The zero-order valence-corrected chi connectivity index (χ0v) is 9.75. The van der Waals surface area contributed by atoms with Crippen LogP contribution in [-0.4, -0.2) is 29.7 Å². The average Bonchev–Trinajstić information content (AvgIpc) is 2.15. The molecule has 1 aliphatic heterocycles. The molecule has 0 fully saturated rings. The molecule has 0 saturated carbocycles. The Hall–Kier alpha value is -1.25. The zero-order chi connectivity index (χ0) is 11.5. The van der Waals surface area contributed by atoms with Crippen molar-refractivity contribution < 1.29 is 9.53 Å². The Morgan fingerprint density at radius 1 is 1.60 bits per heavy atom. The van der Waals surface area contributed by atoms with E-state index >= 15 is 0 Å². The highest BCUT2D eigenvalue weighted by atomic mass is 16.6. The van der Waals surface area contributed by atoms with E-state index < -0.39 is 5.60 Å². The number of amides is 1. The quantitative estimate of drug-likeness (QED) is 0.664. The van der Waals surface area contributed by atoms with Gasteiger partial charge in [-0.1, -0.05) is 18.7 Å². The first-order valence-electron chi connectivity index (χ1n) is 5.22. The summed E-state index contributed by atoms with van der Waals surface area (Å²) in [5.41, 5.74) is 0.666. The van der Waals surface area contributed by atoms with E-state index in [-0.39, 0.29) is 6.09 Å². The largest absolute Gasteiger partial charge is 0.444 e. The minimum absolute atomic E-state index is 0.241. The second-order valence-electron chi connectivity index (χ2n) is 4.67. The van der Waals surface area contributed by atoms with Gasteiger partial charge in [0.2, 0.25) is 0 Å². The minimum atomic E-state index is -0.424. The Bertz CT molecular complexity index is 286. The number of carbonyl (C=O) groups excluding carboxylic acids is 1. The van der Waals surface area contributed by atoms with Gasteiger partial charge >= 0.3 is 6.09 Å². The lowest BCUT2D eigenvalue weighted by Crippen LogP contribution is -2.39. The van der Waals surface area contributed by atoms with E-state index in [2.05, 4.69) is 12.7 Å². The molecule has 1 rings (SSSR count). The highest BCUT2D eigenvalue weighted by Gasteiger charge is 2.23. The molecule has 0 aliphatic carbocycles. The van der Waals surface area contributed by atoms with E-state index in [4.69, 9.17) is 4.74 Å². The van der Waals surface area contributed by atoms with Gasteiger partial charge in [0.25, 0.3) is 0 Å². The molecule has 0 radical (unpaired) electrons.